The number of aliphatic hydroxyl groups excluding tert-OH is 1. The maximum atomic E-state index is 9.45. The van der Waals surface area contributed by atoms with E-state index in [0.717, 1.165) is 43.4 Å². The second-order valence-electron chi connectivity index (χ2n) is 5.33. The van der Waals surface area contributed by atoms with E-state index in [9.17, 15) is 5.11 Å². The zero-order valence-corrected chi connectivity index (χ0v) is 12.1. The van der Waals surface area contributed by atoms with Crippen LogP contribution in [0.25, 0.3) is 0 Å². The minimum Gasteiger partial charge on any atom is -0.394 e. The number of nitrogens with one attached hydrogen (secondary N) is 1. The van der Waals surface area contributed by atoms with Crippen LogP contribution in [0.2, 0.25) is 0 Å². The van der Waals surface area contributed by atoms with Gasteiger partial charge in [0, 0.05) is 25.1 Å². The van der Waals surface area contributed by atoms with Crippen molar-refractivity contribution in [1.82, 2.24) is 9.97 Å². The summed E-state index contributed by atoms with van der Waals surface area (Å²) in [5.41, 5.74) is 0. The molecule has 0 amide bonds. The highest BCUT2D eigenvalue weighted by atomic mass is 16.3. The molecule has 1 fully saturated rings. The van der Waals surface area contributed by atoms with Gasteiger partial charge in [-0.05, 0) is 19.8 Å². The van der Waals surface area contributed by atoms with Crippen LogP contribution in [0.3, 0.4) is 0 Å². The number of rotatable bonds is 5. The van der Waals surface area contributed by atoms with Crippen molar-refractivity contribution in [2.45, 2.75) is 45.6 Å². The molecule has 0 aromatic carbocycles. The van der Waals surface area contributed by atoms with Crippen LogP contribution in [0.1, 0.15) is 45.4 Å². The van der Waals surface area contributed by atoms with Crippen LogP contribution in [0.5, 0.6) is 0 Å². The molecule has 0 bridgehead atoms. The van der Waals surface area contributed by atoms with Gasteiger partial charge in [0.1, 0.15) is 17.5 Å². The van der Waals surface area contributed by atoms with Gasteiger partial charge in [0.05, 0.1) is 12.6 Å². The van der Waals surface area contributed by atoms with Gasteiger partial charge in [0.15, 0.2) is 0 Å². The Hall–Kier alpha value is -1.36. The Morgan fingerprint density at radius 2 is 2.26 bits per heavy atom. The smallest absolute Gasteiger partial charge is 0.135 e. The Kier molecular flexibility index (Phi) is 4.58. The zero-order chi connectivity index (χ0) is 13.8. The SMILES string of the molecule is CCNc1cc(N2CCCC2CO)nc(C(C)C)n1. The lowest BCUT2D eigenvalue weighted by molar-refractivity contribution is 0.266. The van der Waals surface area contributed by atoms with Crippen molar-refractivity contribution in [3.05, 3.63) is 11.9 Å². The van der Waals surface area contributed by atoms with Crippen LogP contribution in [0, 0.1) is 0 Å². The lowest BCUT2D eigenvalue weighted by Crippen LogP contribution is -2.33. The fourth-order valence-electron chi connectivity index (χ4n) is 2.46. The van der Waals surface area contributed by atoms with E-state index in [1.54, 1.807) is 0 Å². The molecule has 2 N–H and O–H groups in total. The van der Waals surface area contributed by atoms with Gasteiger partial charge in [-0.3, -0.25) is 0 Å². The van der Waals surface area contributed by atoms with Crippen molar-refractivity contribution in [2.24, 2.45) is 0 Å². The molecule has 5 heteroatoms. The average molecular weight is 264 g/mol. The summed E-state index contributed by atoms with van der Waals surface area (Å²) >= 11 is 0. The second-order valence-corrected chi connectivity index (χ2v) is 5.33. The molecule has 1 aliphatic rings. The molecule has 19 heavy (non-hydrogen) atoms. The molecule has 2 rings (SSSR count). The molecule has 1 saturated heterocycles. The lowest BCUT2D eigenvalue weighted by Gasteiger charge is -2.25. The van der Waals surface area contributed by atoms with E-state index >= 15 is 0 Å². The largest absolute Gasteiger partial charge is 0.394 e. The van der Waals surface area contributed by atoms with E-state index < -0.39 is 0 Å². The molecule has 2 heterocycles. The van der Waals surface area contributed by atoms with Gasteiger partial charge < -0.3 is 15.3 Å². The molecular formula is C14H24N4O. The Bertz CT molecular complexity index is 422. The van der Waals surface area contributed by atoms with E-state index in [1.807, 2.05) is 6.07 Å². The Morgan fingerprint density at radius 3 is 2.89 bits per heavy atom. The number of anilines is 2. The van der Waals surface area contributed by atoms with Crippen molar-refractivity contribution >= 4 is 11.6 Å². The second kappa shape index (κ2) is 6.19. The number of aromatic nitrogens is 2. The summed E-state index contributed by atoms with van der Waals surface area (Å²) in [6, 6.07) is 2.19. The van der Waals surface area contributed by atoms with E-state index in [-0.39, 0.29) is 12.6 Å². The summed E-state index contributed by atoms with van der Waals surface area (Å²) < 4.78 is 0. The highest BCUT2D eigenvalue weighted by molar-refractivity contribution is 5.51. The first-order valence-corrected chi connectivity index (χ1v) is 7.16. The van der Waals surface area contributed by atoms with Gasteiger partial charge in [0.25, 0.3) is 0 Å². The first-order valence-electron chi connectivity index (χ1n) is 7.16. The zero-order valence-electron chi connectivity index (χ0n) is 12.1. The Balaban J connectivity index is 2.32. The standard InChI is InChI=1S/C14H24N4O/c1-4-15-12-8-13(17-14(16-12)10(2)3)18-7-5-6-11(18)9-19/h8,10-11,19H,4-7,9H2,1-3H3,(H,15,16,17). The molecule has 0 spiro atoms. The van der Waals surface area contributed by atoms with Gasteiger partial charge in [-0.25, -0.2) is 9.97 Å². The fourth-order valence-corrected chi connectivity index (χ4v) is 2.46. The molecule has 0 aliphatic carbocycles. The third-order valence-corrected chi connectivity index (χ3v) is 3.49. The van der Waals surface area contributed by atoms with Crippen molar-refractivity contribution in [3.63, 3.8) is 0 Å². The molecule has 1 unspecified atom stereocenters. The molecule has 106 valence electrons. The molecule has 5 nitrogen and oxygen atoms in total. The Labute approximate surface area is 115 Å². The van der Waals surface area contributed by atoms with Gasteiger partial charge in [-0.1, -0.05) is 13.8 Å². The van der Waals surface area contributed by atoms with Gasteiger partial charge in [-0.15, -0.1) is 0 Å². The minimum atomic E-state index is 0.192. The maximum absolute atomic E-state index is 9.45. The molecule has 1 aliphatic heterocycles. The topological polar surface area (TPSA) is 61.3 Å². The summed E-state index contributed by atoms with van der Waals surface area (Å²) in [7, 11) is 0. The third-order valence-electron chi connectivity index (χ3n) is 3.49. The normalized spacial score (nSPS) is 19.2. The van der Waals surface area contributed by atoms with Crippen molar-refractivity contribution < 1.29 is 5.11 Å². The quantitative estimate of drug-likeness (QED) is 0.851. The van der Waals surface area contributed by atoms with Crippen LogP contribution in [-0.4, -0.2) is 40.8 Å². The molecule has 1 aromatic rings. The first-order chi connectivity index (χ1) is 9.15. The van der Waals surface area contributed by atoms with Gasteiger partial charge in [-0.2, -0.15) is 0 Å². The summed E-state index contributed by atoms with van der Waals surface area (Å²) in [5.74, 6) is 2.97. The molecule has 0 radical (unpaired) electrons. The van der Waals surface area contributed by atoms with E-state index in [1.165, 1.54) is 0 Å². The third kappa shape index (κ3) is 3.15. The highest BCUT2D eigenvalue weighted by Gasteiger charge is 2.26. The molecule has 1 aromatic heterocycles. The minimum absolute atomic E-state index is 0.192. The molecule has 1 atom stereocenters. The summed E-state index contributed by atoms with van der Waals surface area (Å²) in [6.45, 7) is 8.26. The van der Waals surface area contributed by atoms with E-state index in [4.69, 9.17) is 0 Å². The summed E-state index contributed by atoms with van der Waals surface area (Å²) in [4.78, 5) is 11.4. The van der Waals surface area contributed by atoms with Gasteiger partial charge in [0.2, 0.25) is 0 Å². The van der Waals surface area contributed by atoms with Crippen molar-refractivity contribution in [3.8, 4) is 0 Å². The number of hydrogen-bond donors (Lipinski definition) is 2. The van der Waals surface area contributed by atoms with Crippen LogP contribution >= 0.6 is 0 Å². The fraction of sp³-hybridized carbons (Fsp3) is 0.714. The predicted octanol–water partition coefficient (Wildman–Crippen LogP) is 1.99. The van der Waals surface area contributed by atoms with Gasteiger partial charge >= 0.3 is 0 Å². The van der Waals surface area contributed by atoms with Crippen LogP contribution < -0.4 is 10.2 Å². The van der Waals surface area contributed by atoms with Crippen LogP contribution in [0.15, 0.2) is 6.07 Å². The monoisotopic (exact) mass is 264 g/mol. The first kappa shape index (κ1) is 14.1. The Morgan fingerprint density at radius 1 is 1.47 bits per heavy atom. The number of nitrogens with zero attached hydrogens (tertiary/aromatic N) is 3. The predicted molar refractivity (Wildman–Crippen MR) is 77.7 cm³/mol. The molecule has 0 saturated carbocycles. The number of hydrogen-bond acceptors (Lipinski definition) is 5. The van der Waals surface area contributed by atoms with Crippen LogP contribution in [-0.2, 0) is 0 Å². The summed E-state index contributed by atoms with van der Waals surface area (Å²) in [5, 5.41) is 12.7. The average Bonchev–Trinajstić information content (AvgIpc) is 2.87. The van der Waals surface area contributed by atoms with E-state index in [0.29, 0.717) is 5.92 Å². The molecular weight excluding hydrogens is 240 g/mol. The van der Waals surface area contributed by atoms with E-state index in [2.05, 4.69) is 41.0 Å². The van der Waals surface area contributed by atoms with Crippen molar-refractivity contribution in [2.75, 3.05) is 29.9 Å². The van der Waals surface area contributed by atoms with Crippen molar-refractivity contribution in [1.29, 1.82) is 0 Å². The van der Waals surface area contributed by atoms with Crippen LogP contribution in [0.4, 0.5) is 11.6 Å². The highest BCUT2D eigenvalue weighted by Crippen LogP contribution is 2.26. The maximum Gasteiger partial charge on any atom is 0.135 e. The number of aliphatic hydroxyl groups is 1. The lowest BCUT2D eigenvalue weighted by atomic mass is 10.2. The summed E-state index contributed by atoms with van der Waals surface area (Å²) in [6.07, 6.45) is 2.15.